The molecule has 0 spiro atoms. The number of aromatic nitrogens is 3. The Hall–Kier alpha value is -4.21. The summed E-state index contributed by atoms with van der Waals surface area (Å²) in [4.78, 5) is 35.7. The smallest absolute Gasteiger partial charge is 0.275 e. The van der Waals surface area contributed by atoms with Gasteiger partial charge >= 0.3 is 0 Å². The van der Waals surface area contributed by atoms with Crippen LogP contribution in [0.2, 0.25) is 0 Å². The van der Waals surface area contributed by atoms with E-state index in [0.29, 0.717) is 41.1 Å². The van der Waals surface area contributed by atoms with Crippen LogP contribution < -0.4 is 10.1 Å². The van der Waals surface area contributed by atoms with Crippen LogP contribution in [0.4, 0.5) is 18.9 Å². The molecule has 4 aromatic rings. The molecule has 0 aliphatic rings. The average molecular weight is 496 g/mol. The highest BCUT2D eigenvalue weighted by Gasteiger charge is 2.30. The van der Waals surface area contributed by atoms with Crippen molar-refractivity contribution in [1.82, 2.24) is 15.0 Å². The molecule has 0 aliphatic carbocycles. The number of alkyl halides is 2. The van der Waals surface area contributed by atoms with Gasteiger partial charge in [0, 0.05) is 42.3 Å². The van der Waals surface area contributed by atoms with E-state index in [0.717, 1.165) is 6.07 Å². The average Bonchev–Trinajstić information content (AvgIpc) is 3.27. The zero-order chi connectivity index (χ0) is 26.0. The predicted molar refractivity (Wildman–Crippen MR) is 129 cm³/mol. The van der Waals surface area contributed by atoms with Crippen LogP contribution in [0.25, 0.3) is 22.2 Å². The SMILES string of the molecule is CCC(=O)c1c[nH]c2ncc(-c3ccc(CC(=O)Nc4cnc(OC)c(C(C)(F)F)c4)c(F)c3)cc12. The van der Waals surface area contributed by atoms with E-state index in [4.69, 9.17) is 4.74 Å². The summed E-state index contributed by atoms with van der Waals surface area (Å²) in [6.45, 7) is 2.46. The number of carbonyl (C=O) groups is 2. The lowest BCUT2D eigenvalue weighted by Crippen LogP contribution is -2.17. The van der Waals surface area contributed by atoms with E-state index in [-0.39, 0.29) is 29.3 Å². The zero-order valence-corrected chi connectivity index (χ0v) is 19.8. The molecule has 0 fully saturated rings. The number of methoxy groups -OCH3 is 1. The fraction of sp³-hybridized carbons (Fsp3) is 0.231. The second-order valence-electron chi connectivity index (χ2n) is 8.30. The molecule has 0 aliphatic heterocycles. The molecule has 7 nitrogen and oxygen atoms in total. The number of halogens is 3. The maximum Gasteiger partial charge on any atom is 0.275 e. The number of pyridine rings is 2. The summed E-state index contributed by atoms with van der Waals surface area (Å²) < 4.78 is 47.4. The number of ketones is 1. The third-order valence-electron chi connectivity index (χ3n) is 5.69. The van der Waals surface area contributed by atoms with Gasteiger partial charge in [-0.25, -0.2) is 23.1 Å². The molecular weight excluding hydrogens is 473 g/mol. The lowest BCUT2D eigenvalue weighted by atomic mass is 10.0. The molecule has 0 bridgehead atoms. The molecule has 3 heterocycles. The predicted octanol–water partition coefficient (Wildman–Crippen LogP) is 5.66. The Morgan fingerprint density at radius 1 is 1.11 bits per heavy atom. The minimum Gasteiger partial charge on any atom is -0.481 e. The molecule has 3 aromatic heterocycles. The normalized spacial score (nSPS) is 11.5. The quantitative estimate of drug-likeness (QED) is 0.307. The number of aromatic amines is 1. The second kappa shape index (κ2) is 9.80. The van der Waals surface area contributed by atoms with Crippen molar-refractivity contribution >= 4 is 28.4 Å². The van der Waals surface area contributed by atoms with Crippen molar-refractivity contribution in [2.45, 2.75) is 32.6 Å². The molecule has 0 radical (unpaired) electrons. The third kappa shape index (κ3) is 5.07. The van der Waals surface area contributed by atoms with Crippen LogP contribution >= 0.6 is 0 Å². The van der Waals surface area contributed by atoms with Crippen LogP contribution in [0.3, 0.4) is 0 Å². The van der Waals surface area contributed by atoms with Gasteiger partial charge in [-0.2, -0.15) is 0 Å². The van der Waals surface area contributed by atoms with E-state index in [9.17, 15) is 22.8 Å². The van der Waals surface area contributed by atoms with Crippen molar-refractivity contribution < 1.29 is 27.5 Å². The number of rotatable bonds is 8. The summed E-state index contributed by atoms with van der Waals surface area (Å²) in [5.41, 5.74) is 1.90. The van der Waals surface area contributed by atoms with E-state index in [1.165, 1.54) is 25.4 Å². The Labute approximate surface area is 204 Å². The molecular formula is C26H23F3N4O3. The lowest BCUT2D eigenvalue weighted by Gasteiger charge is -2.15. The van der Waals surface area contributed by atoms with Crippen molar-refractivity contribution in [3.63, 3.8) is 0 Å². The minimum absolute atomic E-state index is 0.0328. The molecule has 1 aromatic carbocycles. The number of anilines is 1. The van der Waals surface area contributed by atoms with Crippen molar-refractivity contribution in [3.8, 4) is 17.0 Å². The number of ether oxygens (including phenoxy) is 1. The molecule has 36 heavy (non-hydrogen) atoms. The van der Waals surface area contributed by atoms with Gasteiger partial charge in [0.1, 0.15) is 11.5 Å². The molecule has 186 valence electrons. The first-order chi connectivity index (χ1) is 17.1. The van der Waals surface area contributed by atoms with Gasteiger partial charge in [0.15, 0.2) is 5.78 Å². The first-order valence-corrected chi connectivity index (χ1v) is 11.1. The minimum atomic E-state index is -3.23. The van der Waals surface area contributed by atoms with Gasteiger partial charge < -0.3 is 15.0 Å². The summed E-state index contributed by atoms with van der Waals surface area (Å²) in [7, 11) is 1.22. The number of carbonyl (C=O) groups excluding carboxylic acids is 2. The Morgan fingerprint density at radius 2 is 1.89 bits per heavy atom. The second-order valence-corrected chi connectivity index (χ2v) is 8.30. The van der Waals surface area contributed by atoms with Gasteiger partial charge in [-0.15, -0.1) is 0 Å². The highest BCUT2D eigenvalue weighted by molar-refractivity contribution is 6.07. The van der Waals surface area contributed by atoms with Crippen LogP contribution in [0.1, 0.15) is 41.8 Å². The van der Waals surface area contributed by atoms with Crippen LogP contribution in [0.15, 0.2) is 48.9 Å². The lowest BCUT2D eigenvalue weighted by molar-refractivity contribution is -0.115. The van der Waals surface area contributed by atoms with E-state index in [1.807, 2.05) is 0 Å². The van der Waals surface area contributed by atoms with Gasteiger partial charge in [-0.05, 0) is 29.3 Å². The van der Waals surface area contributed by atoms with Crippen LogP contribution in [0.5, 0.6) is 5.88 Å². The fourth-order valence-corrected chi connectivity index (χ4v) is 3.83. The summed E-state index contributed by atoms with van der Waals surface area (Å²) in [5.74, 6) is -4.73. The molecule has 2 N–H and O–H groups in total. The number of amides is 1. The van der Waals surface area contributed by atoms with E-state index in [1.54, 1.807) is 31.5 Å². The maximum absolute atomic E-state index is 14.9. The summed E-state index contributed by atoms with van der Waals surface area (Å²) >= 11 is 0. The van der Waals surface area contributed by atoms with Gasteiger partial charge in [-0.3, -0.25) is 9.59 Å². The topological polar surface area (TPSA) is 97.0 Å². The van der Waals surface area contributed by atoms with Crippen LogP contribution in [-0.2, 0) is 17.1 Å². The number of nitrogens with one attached hydrogen (secondary N) is 2. The highest BCUT2D eigenvalue weighted by atomic mass is 19.3. The third-order valence-corrected chi connectivity index (χ3v) is 5.69. The van der Waals surface area contributed by atoms with E-state index >= 15 is 0 Å². The van der Waals surface area contributed by atoms with Crippen LogP contribution in [0, 0.1) is 5.82 Å². The number of hydrogen-bond acceptors (Lipinski definition) is 5. The van der Waals surface area contributed by atoms with Crippen molar-refractivity contribution in [1.29, 1.82) is 0 Å². The number of hydrogen-bond donors (Lipinski definition) is 2. The van der Waals surface area contributed by atoms with Crippen molar-refractivity contribution in [3.05, 3.63) is 71.4 Å². The number of fused-ring (bicyclic) bond motifs is 1. The van der Waals surface area contributed by atoms with Crippen molar-refractivity contribution in [2.24, 2.45) is 0 Å². The maximum atomic E-state index is 14.9. The molecule has 0 atom stereocenters. The largest absolute Gasteiger partial charge is 0.481 e. The molecule has 10 heteroatoms. The highest BCUT2D eigenvalue weighted by Crippen LogP contribution is 2.34. The van der Waals surface area contributed by atoms with Crippen LogP contribution in [-0.4, -0.2) is 33.8 Å². The Morgan fingerprint density at radius 3 is 2.56 bits per heavy atom. The summed E-state index contributed by atoms with van der Waals surface area (Å²) in [5, 5.41) is 3.11. The van der Waals surface area contributed by atoms with Gasteiger partial charge in [0.25, 0.3) is 5.92 Å². The Balaban J connectivity index is 1.53. The van der Waals surface area contributed by atoms with Gasteiger partial charge in [0.05, 0.1) is 31.0 Å². The van der Waals surface area contributed by atoms with E-state index < -0.39 is 23.2 Å². The molecule has 1 amide bonds. The first kappa shape index (κ1) is 24.9. The number of H-pyrrole nitrogens is 1. The molecule has 0 saturated heterocycles. The van der Waals surface area contributed by atoms with Gasteiger partial charge in [-0.1, -0.05) is 19.1 Å². The van der Waals surface area contributed by atoms with Gasteiger partial charge in [0.2, 0.25) is 11.8 Å². The number of benzene rings is 1. The molecule has 0 unspecified atom stereocenters. The molecule has 4 rings (SSSR count). The summed E-state index contributed by atoms with van der Waals surface area (Å²) in [6, 6.07) is 7.24. The summed E-state index contributed by atoms with van der Waals surface area (Å²) in [6.07, 6.45) is 4.39. The Kier molecular flexibility index (Phi) is 6.78. The fourth-order valence-electron chi connectivity index (χ4n) is 3.83. The Bertz CT molecular complexity index is 1460. The zero-order valence-electron chi connectivity index (χ0n) is 19.8. The number of Topliss-reactive ketones (excluding diaryl/α,β-unsaturated/α-hetero) is 1. The van der Waals surface area contributed by atoms with Crippen molar-refractivity contribution in [2.75, 3.05) is 12.4 Å². The van der Waals surface area contributed by atoms with E-state index in [2.05, 4.69) is 20.3 Å². The molecule has 0 saturated carbocycles. The first-order valence-electron chi connectivity index (χ1n) is 11.1. The standard InChI is InChI=1S/C26H23F3N4O3/c1-4-22(34)19-13-31-24-18(19)7-16(11-30-24)14-5-6-15(21(27)8-14)9-23(35)33-17-10-20(26(2,28)29)25(36-3)32-12-17/h5-8,10-13H,4,9H2,1-3H3,(H,30,31)(H,33,35). The monoisotopic (exact) mass is 496 g/mol. The number of nitrogens with zero attached hydrogens (tertiary/aromatic N) is 2.